The van der Waals surface area contributed by atoms with E-state index in [4.69, 9.17) is 9.47 Å². The number of hydrogen-bond donors (Lipinski definition) is 0. The lowest BCUT2D eigenvalue weighted by atomic mass is 10.0. The van der Waals surface area contributed by atoms with Gasteiger partial charge >= 0.3 is 0 Å². The summed E-state index contributed by atoms with van der Waals surface area (Å²) in [6, 6.07) is 41.6. The smallest absolute Gasteiger partial charge is 0.134 e. The van der Waals surface area contributed by atoms with Crippen LogP contribution in [0.15, 0.2) is 115 Å². The predicted molar refractivity (Wildman–Crippen MR) is 158 cm³/mol. The van der Waals surface area contributed by atoms with Gasteiger partial charge in [-0.3, -0.25) is 0 Å². The van der Waals surface area contributed by atoms with Crippen molar-refractivity contribution in [3.63, 3.8) is 0 Å². The number of methoxy groups -OCH3 is 2. The third-order valence-corrected chi connectivity index (χ3v) is 10.5. The highest BCUT2D eigenvalue weighted by atomic mass is 28.3. The second-order valence-electron chi connectivity index (χ2n) is 9.32. The summed E-state index contributed by atoms with van der Waals surface area (Å²) in [4.78, 5) is 0. The quantitative estimate of drug-likeness (QED) is 0.282. The molecule has 0 radical (unpaired) electrons. The molecule has 37 heavy (non-hydrogen) atoms. The Labute approximate surface area is 220 Å². The normalized spacial score (nSPS) is 12.4. The largest absolute Gasteiger partial charge is 0.497 e. The summed E-state index contributed by atoms with van der Waals surface area (Å²) in [6.45, 7) is 0. The van der Waals surface area contributed by atoms with Gasteiger partial charge in [0.2, 0.25) is 0 Å². The van der Waals surface area contributed by atoms with Crippen LogP contribution in [0.1, 0.15) is 11.1 Å². The third-order valence-electron chi connectivity index (χ3n) is 7.22. The Hall–Kier alpha value is -4.34. The molecule has 0 fully saturated rings. The molecule has 3 heteroatoms. The van der Waals surface area contributed by atoms with Crippen LogP contribution in [0.2, 0.25) is 0 Å². The van der Waals surface area contributed by atoms with Crippen LogP contribution in [0.5, 0.6) is 11.5 Å². The van der Waals surface area contributed by atoms with Gasteiger partial charge in [-0.25, -0.2) is 0 Å². The summed E-state index contributed by atoms with van der Waals surface area (Å²) in [5.41, 5.74) is 7.48. The van der Waals surface area contributed by atoms with E-state index in [0.29, 0.717) is 0 Å². The first-order chi connectivity index (χ1) is 18.2. The van der Waals surface area contributed by atoms with E-state index >= 15 is 0 Å². The zero-order valence-corrected chi connectivity index (χ0v) is 22.2. The van der Waals surface area contributed by atoms with Crippen molar-refractivity contribution in [1.82, 2.24) is 0 Å². The van der Waals surface area contributed by atoms with E-state index in [9.17, 15) is 0 Å². The van der Waals surface area contributed by atoms with Gasteiger partial charge in [-0.05, 0) is 68.0 Å². The van der Waals surface area contributed by atoms with Crippen LogP contribution in [0.3, 0.4) is 0 Å². The second kappa shape index (κ2) is 9.96. The van der Waals surface area contributed by atoms with Crippen LogP contribution in [0.25, 0.3) is 34.4 Å². The molecule has 2 nitrogen and oxygen atoms in total. The Bertz CT molecular complexity index is 1470. The first-order valence-electron chi connectivity index (χ1n) is 12.5. The zero-order chi connectivity index (χ0) is 25.2. The lowest BCUT2D eigenvalue weighted by molar-refractivity contribution is 0.415. The molecular weight excluding hydrogens is 468 g/mol. The van der Waals surface area contributed by atoms with Gasteiger partial charge in [0.25, 0.3) is 0 Å². The van der Waals surface area contributed by atoms with Crippen LogP contribution in [0.4, 0.5) is 0 Å². The van der Waals surface area contributed by atoms with E-state index in [1.165, 1.54) is 48.9 Å². The van der Waals surface area contributed by atoms with Crippen molar-refractivity contribution in [2.24, 2.45) is 0 Å². The van der Waals surface area contributed by atoms with E-state index in [1.54, 1.807) is 14.2 Å². The lowest BCUT2D eigenvalue weighted by Gasteiger charge is -2.21. The summed E-state index contributed by atoms with van der Waals surface area (Å²) >= 11 is 0. The molecule has 1 heterocycles. The number of hydrogen-bond acceptors (Lipinski definition) is 2. The number of ether oxygens (including phenoxy) is 2. The fraction of sp³-hybridized carbons (Fsp3) is 0.0588. The van der Waals surface area contributed by atoms with E-state index in [2.05, 4.69) is 103 Å². The van der Waals surface area contributed by atoms with Gasteiger partial charge in [0.1, 0.15) is 20.3 Å². The van der Waals surface area contributed by atoms with E-state index in [0.717, 1.165) is 11.5 Å². The second-order valence-corrected chi connectivity index (χ2v) is 12.1. The molecule has 5 aromatic carbocycles. The molecule has 1 aliphatic rings. The summed E-state index contributed by atoms with van der Waals surface area (Å²) in [5.74, 6) is 1.75. The molecule has 6 rings (SSSR count). The molecule has 0 N–H and O–H groups in total. The summed E-state index contributed by atoms with van der Waals surface area (Å²) in [5, 5.41) is 4.32. The Morgan fingerprint density at radius 1 is 0.459 bits per heavy atom. The van der Waals surface area contributed by atoms with Crippen molar-refractivity contribution in [3.05, 3.63) is 126 Å². The van der Waals surface area contributed by atoms with Crippen molar-refractivity contribution in [1.29, 1.82) is 0 Å². The van der Waals surface area contributed by atoms with Crippen LogP contribution < -0.4 is 25.0 Å². The minimum absolute atomic E-state index is 0.873. The molecule has 1 aliphatic heterocycles. The molecule has 0 amide bonds. The summed E-state index contributed by atoms with van der Waals surface area (Å²) in [6.07, 6.45) is 4.57. The third kappa shape index (κ3) is 4.50. The molecule has 5 aromatic rings. The van der Waals surface area contributed by atoms with E-state index in [1.807, 2.05) is 24.3 Å². The van der Waals surface area contributed by atoms with Crippen LogP contribution in [-0.2, 0) is 0 Å². The Balaban J connectivity index is 1.52. The van der Waals surface area contributed by atoms with Crippen LogP contribution >= 0.6 is 0 Å². The van der Waals surface area contributed by atoms with Crippen molar-refractivity contribution < 1.29 is 9.47 Å². The molecular formula is C34H28O2Si. The SMILES string of the molecule is COc1ccc(-c2ccc3c(c2)[SiH](c2ccccc2)c2cc(-c4ccc(OC)cc4)ccc2C=C3)cc1. The number of benzene rings is 5. The van der Waals surface area contributed by atoms with Crippen molar-refractivity contribution in [2.75, 3.05) is 14.2 Å². The van der Waals surface area contributed by atoms with Gasteiger partial charge in [0.15, 0.2) is 0 Å². The minimum atomic E-state index is -1.77. The standard InChI is InChI=1S/C34H28O2Si/c1-35-30-18-14-24(15-19-30)28-12-10-26-8-9-27-11-13-29(25-16-20-31(36-2)21-17-25)23-34(27)37(33(26)22-28)32-6-4-3-5-7-32/h3-23,37H,1-2H3. The first-order valence-corrected chi connectivity index (χ1v) is 14.3. The maximum atomic E-state index is 5.38. The lowest BCUT2D eigenvalue weighted by Crippen LogP contribution is -2.53. The molecule has 0 saturated heterocycles. The number of rotatable bonds is 5. The molecule has 180 valence electrons. The monoisotopic (exact) mass is 496 g/mol. The Morgan fingerprint density at radius 2 is 0.892 bits per heavy atom. The van der Waals surface area contributed by atoms with E-state index in [-0.39, 0.29) is 0 Å². The molecule has 0 atom stereocenters. The highest BCUT2D eigenvalue weighted by Gasteiger charge is 2.26. The zero-order valence-electron chi connectivity index (χ0n) is 21.0. The predicted octanol–water partition coefficient (Wildman–Crippen LogP) is 5.77. The molecule has 0 unspecified atom stereocenters. The highest BCUT2D eigenvalue weighted by molar-refractivity contribution is 6.96. The van der Waals surface area contributed by atoms with Crippen molar-refractivity contribution in [2.45, 2.75) is 0 Å². The Morgan fingerprint density at radius 3 is 1.32 bits per heavy atom. The van der Waals surface area contributed by atoms with E-state index < -0.39 is 8.80 Å². The minimum Gasteiger partial charge on any atom is -0.497 e. The first kappa shape index (κ1) is 23.1. The molecule has 0 bridgehead atoms. The van der Waals surface area contributed by atoms with Gasteiger partial charge < -0.3 is 9.47 Å². The van der Waals surface area contributed by atoms with Crippen molar-refractivity contribution >= 4 is 36.5 Å². The number of fused-ring (bicyclic) bond motifs is 2. The van der Waals surface area contributed by atoms with Crippen molar-refractivity contribution in [3.8, 4) is 33.8 Å². The maximum Gasteiger partial charge on any atom is 0.134 e. The molecule has 0 spiro atoms. The van der Waals surface area contributed by atoms with Crippen LogP contribution in [0, 0.1) is 0 Å². The summed E-state index contributed by atoms with van der Waals surface area (Å²) < 4.78 is 10.8. The average Bonchev–Trinajstić information content (AvgIpc) is 3.13. The molecule has 0 aliphatic carbocycles. The van der Waals surface area contributed by atoms with Gasteiger partial charge in [0.05, 0.1) is 14.2 Å². The van der Waals surface area contributed by atoms with Gasteiger partial charge in [-0.15, -0.1) is 0 Å². The van der Waals surface area contributed by atoms with Gasteiger partial charge in [-0.2, -0.15) is 0 Å². The molecule has 0 saturated carbocycles. The van der Waals surface area contributed by atoms with Gasteiger partial charge in [-0.1, -0.05) is 108 Å². The average molecular weight is 497 g/mol. The molecule has 0 aromatic heterocycles. The Kier molecular flexibility index (Phi) is 6.21. The fourth-order valence-corrected chi connectivity index (χ4v) is 8.64. The summed E-state index contributed by atoms with van der Waals surface area (Å²) in [7, 11) is 1.64. The fourth-order valence-electron chi connectivity index (χ4n) is 5.23. The van der Waals surface area contributed by atoms with Gasteiger partial charge in [0, 0.05) is 0 Å². The topological polar surface area (TPSA) is 18.5 Å². The maximum absolute atomic E-state index is 5.38. The highest BCUT2D eigenvalue weighted by Crippen LogP contribution is 2.26. The van der Waals surface area contributed by atoms with Crippen LogP contribution in [-0.4, -0.2) is 23.0 Å².